The zero-order valence-electron chi connectivity index (χ0n) is 17.3. The molecule has 0 aromatic heterocycles. The van der Waals surface area contributed by atoms with Crippen molar-refractivity contribution < 1.29 is 14.4 Å². The number of carbonyl (C=O) groups is 3. The Kier molecular flexibility index (Phi) is 7.22. The van der Waals surface area contributed by atoms with E-state index in [1.165, 1.54) is 15.4 Å². The fraction of sp³-hybridized carbons (Fsp3) is 0.571. The number of rotatable bonds is 8. The number of nitrogens with one attached hydrogen (secondary N) is 2. The lowest BCUT2D eigenvalue weighted by molar-refractivity contribution is -0.157. The highest BCUT2D eigenvalue weighted by molar-refractivity contribution is 6.35. The highest BCUT2D eigenvalue weighted by Crippen LogP contribution is 2.23. The fourth-order valence-electron chi connectivity index (χ4n) is 3.87. The van der Waals surface area contributed by atoms with Gasteiger partial charge in [0.2, 0.25) is 5.91 Å². The fourth-order valence-corrected chi connectivity index (χ4v) is 3.87. The topological polar surface area (TPSA) is 85.0 Å². The Morgan fingerprint density at radius 2 is 1.79 bits per heavy atom. The minimum Gasteiger partial charge on any atom is -0.344 e. The van der Waals surface area contributed by atoms with E-state index in [0.717, 1.165) is 19.3 Å². The van der Waals surface area contributed by atoms with Gasteiger partial charge >= 0.3 is 11.8 Å². The minimum atomic E-state index is -0.576. The van der Waals surface area contributed by atoms with Crippen molar-refractivity contribution in [1.29, 1.82) is 0 Å². The van der Waals surface area contributed by atoms with Gasteiger partial charge in [0.05, 0.1) is 0 Å². The Balaban J connectivity index is 1.37. The van der Waals surface area contributed by atoms with Crippen molar-refractivity contribution >= 4 is 17.7 Å². The zero-order valence-corrected chi connectivity index (χ0v) is 17.3. The number of hydrogen-bond acceptors (Lipinski definition) is 5. The van der Waals surface area contributed by atoms with E-state index in [1.807, 2.05) is 25.1 Å². The summed E-state index contributed by atoms with van der Waals surface area (Å²) in [6, 6.07) is 11.0. The third kappa shape index (κ3) is 5.33. The summed E-state index contributed by atoms with van der Waals surface area (Å²) in [6.45, 7) is 3.86. The Hall–Kier alpha value is -2.45. The van der Waals surface area contributed by atoms with Crippen molar-refractivity contribution in [3.8, 4) is 0 Å². The highest BCUT2D eigenvalue weighted by Gasteiger charge is 2.33. The van der Waals surface area contributed by atoms with Crippen molar-refractivity contribution in [2.24, 2.45) is 0 Å². The molecule has 1 aromatic rings. The molecule has 2 heterocycles. The van der Waals surface area contributed by atoms with E-state index in [9.17, 15) is 14.4 Å². The number of piperazine rings is 1. The number of carbonyl (C=O) groups excluding carboxylic acids is 3. The SMILES string of the molecule is CCN1CCN(CC(=O)N(C)CCCC2CC(c3ccccc3)NN2)C(=O)C1=O. The Morgan fingerprint density at radius 3 is 2.52 bits per heavy atom. The Bertz CT molecular complexity index is 726. The molecule has 2 N–H and O–H groups in total. The van der Waals surface area contributed by atoms with Crippen LogP contribution in [0.25, 0.3) is 0 Å². The number of likely N-dealkylation sites (N-methyl/N-ethyl adjacent to an activating group) is 2. The molecule has 0 bridgehead atoms. The third-order valence-corrected chi connectivity index (χ3v) is 5.76. The summed E-state index contributed by atoms with van der Waals surface area (Å²) in [5, 5.41) is 0. The summed E-state index contributed by atoms with van der Waals surface area (Å²) in [5.41, 5.74) is 7.97. The van der Waals surface area contributed by atoms with Gasteiger partial charge in [0.1, 0.15) is 6.54 Å². The van der Waals surface area contributed by atoms with Crippen molar-refractivity contribution in [3.05, 3.63) is 35.9 Å². The molecule has 2 atom stereocenters. The maximum atomic E-state index is 12.5. The molecular formula is C21H31N5O3. The zero-order chi connectivity index (χ0) is 20.8. The smallest absolute Gasteiger partial charge is 0.312 e. The van der Waals surface area contributed by atoms with Gasteiger partial charge in [0.25, 0.3) is 0 Å². The van der Waals surface area contributed by atoms with E-state index in [4.69, 9.17) is 0 Å². The van der Waals surface area contributed by atoms with E-state index in [2.05, 4.69) is 23.0 Å². The molecule has 0 spiro atoms. The summed E-state index contributed by atoms with van der Waals surface area (Å²) >= 11 is 0. The molecule has 8 heteroatoms. The molecule has 2 saturated heterocycles. The van der Waals surface area contributed by atoms with Crippen LogP contribution < -0.4 is 10.9 Å². The number of benzene rings is 1. The highest BCUT2D eigenvalue weighted by atomic mass is 16.2. The predicted octanol–water partition coefficient (Wildman–Crippen LogP) is 0.524. The molecule has 3 amide bonds. The summed E-state index contributed by atoms with van der Waals surface area (Å²) in [5.74, 6) is -1.22. The largest absolute Gasteiger partial charge is 0.344 e. The Labute approximate surface area is 172 Å². The second-order valence-electron chi connectivity index (χ2n) is 7.75. The molecule has 0 aliphatic carbocycles. The lowest BCUT2D eigenvalue weighted by atomic mass is 10.00. The molecule has 8 nitrogen and oxygen atoms in total. The first-order valence-electron chi connectivity index (χ1n) is 10.4. The molecule has 0 radical (unpaired) electrons. The molecular weight excluding hydrogens is 370 g/mol. The van der Waals surface area contributed by atoms with Crippen molar-refractivity contribution in [2.75, 3.05) is 39.8 Å². The van der Waals surface area contributed by atoms with Gasteiger partial charge in [-0.2, -0.15) is 0 Å². The van der Waals surface area contributed by atoms with E-state index in [0.29, 0.717) is 38.3 Å². The minimum absolute atomic E-state index is 0.0298. The van der Waals surface area contributed by atoms with Crippen molar-refractivity contribution in [2.45, 2.75) is 38.3 Å². The van der Waals surface area contributed by atoms with Gasteiger partial charge in [-0.1, -0.05) is 30.3 Å². The first-order chi connectivity index (χ1) is 14.0. The number of nitrogens with zero attached hydrogens (tertiary/aromatic N) is 3. The van der Waals surface area contributed by atoms with E-state index >= 15 is 0 Å². The lowest BCUT2D eigenvalue weighted by Crippen LogP contribution is -2.56. The molecule has 2 aliphatic rings. The molecule has 0 saturated carbocycles. The van der Waals surface area contributed by atoms with Crippen LogP contribution in [0.3, 0.4) is 0 Å². The van der Waals surface area contributed by atoms with Crippen LogP contribution in [-0.2, 0) is 14.4 Å². The van der Waals surface area contributed by atoms with Gasteiger partial charge in [-0.3, -0.25) is 25.2 Å². The first kappa shape index (κ1) is 21.3. The monoisotopic (exact) mass is 401 g/mol. The number of hydrazine groups is 1. The van der Waals surface area contributed by atoms with Crippen molar-refractivity contribution in [3.63, 3.8) is 0 Å². The van der Waals surface area contributed by atoms with Crippen LogP contribution in [0.15, 0.2) is 30.3 Å². The van der Waals surface area contributed by atoms with Crippen LogP contribution >= 0.6 is 0 Å². The van der Waals surface area contributed by atoms with Gasteiger partial charge in [-0.05, 0) is 31.7 Å². The molecule has 1 aromatic carbocycles. The van der Waals surface area contributed by atoms with Gasteiger partial charge in [-0.25, -0.2) is 0 Å². The third-order valence-electron chi connectivity index (χ3n) is 5.76. The normalized spacial score (nSPS) is 22.3. The van der Waals surface area contributed by atoms with E-state index < -0.39 is 11.8 Å². The molecule has 29 heavy (non-hydrogen) atoms. The standard InChI is InChI=1S/C21H31N5O3/c1-3-25-12-13-26(21(29)20(25)28)15-19(27)24(2)11-7-10-17-14-18(23-22-17)16-8-5-4-6-9-16/h4-6,8-9,17-18,22-23H,3,7,10-15H2,1-2H3. The molecule has 2 unspecified atom stereocenters. The predicted molar refractivity (Wildman–Crippen MR) is 110 cm³/mol. The maximum Gasteiger partial charge on any atom is 0.312 e. The summed E-state index contributed by atoms with van der Waals surface area (Å²) in [6.07, 6.45) is 2.85. The second kappa shape index (κ2) is 9.84. The average molecular weight is 402 g/mol. The van der Waals surface area contributed by atoms with E-state index in [1.54, 1.807) is 11.9 Å². The maximum absolute atomic E-state index is 12.5. The van der Waals surface area contributed by atoms with Gasteiger partial charge in [-0.15, -0.1) is 0 Å². The van der Waals surface area contributed by atoms with Gasteiger partial charge in [0, 0.05) is 45.3 Å². The van der Waals surface area contributed by atoms with E-state index in [-0.39, 0.29) is 12.5 Å². The molecule has 3 rings (SSSR count). The van der Waals surface area contributed by atoms with Crippen LogP contribution in [0.4, 0.5) is 0 Å². The molecule has 2 fully saturated rings. The summed E-state index contributed by atoms with van der Waals surface area (Å²) < 4.78 is 0. The average Bonchev–Trinajstić information content (AvgIpc) is 3.21. The summed E-state index contributed by atoms with van der Waals surface area (Å²) in [4.78, 5) is 41.1. The van der Waals surface area contributed by atoms with Crippen LogP contribution in [0.1, 0.15) is 37.8 Å². The van der Waals surface area contributed by atoms with Crippen LogP contribution in [0.5, 0.6) is 0 Å². The second-order valence-corrected chi connectivity index (χ2v) is 7.75. The number of amides is 3. The van der Waals surface area contributed by atoms with Crippen LogP contribution in [0.2, 0.25) is 0 Å². The van der Waals surface area contributed by atoms with Crippen LogP contribution in [0, 0.1) is 0 Å². The first-order valence-corrected chi connectivity index (χ1v) is 10.4. The van der Waals surface area contributed by atoms with Crippen LogP contribution in [-0.4, -0.2) is 78.2 Å². The van der Waals surface area contributed by atoms with Gasteiger partial charge in [0.15, 0.2) is 0 Å². The Morgan fingerprint density at radius 1 is 1.10 bits per heavy atom. The molecule has 158 valence electrons. The lowest BCUT2D eigenvalue weighted by Gasteiger charge is -2.33. The quantitative estimate of drug-likeness (QED) is 0.621. The van der Waals surface area contributed by atoms with Crippen molar-refractivity contribution in [1.82, 2.24) is 25.6 Å². The molecule has 2 aliphatic heterocycles. The number of hydrogen-bond donors (Lipinski definition) is 2. The summed E-state index contributed by atoms with van der Waals surface area (Å²) in [7, 11) is 1.75. The van der Waals surface area contributed by atoms with Gasteiger partial charge < -0.3 is 14.7 Å².